The number of nitrogens with zero attached hydrogens (tertiary/aromatic N) is 3. The van der Waals surface area contributed by atoms with E-state index in [4.69, 9.17) is 11.6 Å². The topological polar surface area (TPSA) is 52.6 Å². The van der Waals surface area contributed by atoms with Gasteiger partial charge in [0.05, 0.1) is 0 Å². The lowest BCUT2D eigenvalue weighted by atomic mass is 9.99. The Morgan fingerprint density at radius 2 is 1.86 bits per heavy atom. The van der Waals surface area contributed by atoms with Crippen molar-refractivity contribution in [1.29, 1.82) is 0 Å². The predicted molar refractivity (Wildman–Crippen MR) is 129 cm³/mol. The molecule has 7 heteroatoms. The molecule has 1 aromatic carbocycles. The third kappa shape index (κ3) is 6.81. The first-order valence-corrected chi connectivity index (χ1v) is 9.90. The van der Waals surface area contributed by atoms with Gasteiger partial charge in [-0.1, -0.05) is 36.7 Å². The molecule has 5 nitrogen and oxygen atoms in total. The number of piperidine rings is 1. The Morgan fingerprint density at radius 1 is 1.14 bits per heavy atom. The SMILES string of the molecule is CN=C(NCc1ccc(N2CCC(C)CC2)nc1)NCc1cccc(Cl)c1.I. The summed E-state index contributed by atoms with van der Waals surface area (Å²) in [5.41, 5.74) is 2.25. The highest BCUT2D eigenvalue weighted by molar-refractivity contribution is 14.0. The fourth-order valence-electron chi connectivity index (χ4n) is 3.19. The Labute approximate surface area is 190 Å². The van der Waals surface area contributed by atoms with E-state index < -0.39 is 0 Å². The van der Waals surface area contributed by atoms with Gasteiger partial charge in [0, 0.05) is 44.4 Å². The van der Waals surface area contributed by atoms with E-state index >= 15 is 0 Å². The van der Waals surface area contributed by atoms with Crippen LogP contribution >= 0.6 is 35.6 Å². The van der Waals surface area contributed by atoms with Crippen LogP contribution in [0.2, 0.25) is 5.02 Å². The van der Waals surface area contributed by atoms with Crippen LogP contribution in [0.1, 0.15) is 30.9 Å². The van der Waals surface area contributed by atoms with E-state index in [0.29, 0.717) is 13.1 Å². The minimum atomic E-state index is 0. The van der Waals surface area contributed by atoms with E-state index in [1.54, 1.807) is 7.05 Å². The number of hydrogen-bond donors (Lipinski definition) is 2. The van der Waals surface area contributed by atoms with Crippen LogP contribution in [-0.4, -0.2) is 31.1 Å². The Kier molecular flexibility index (Phi) is 9.31. The van der Waals surface area contributed by atoms with Crippen LogP contribution in [0.25, 0.3) is 0 Å². The van der Waals surface area contributed by atoms with Crippen molar-refractivity contribution < 1.29 is 0 Å². The number of guanidine groups is 1. The number of nitrogens with one attached hydrogen (secondary N) is 2. The zero-order valence-corrected chi connectivity index (χ0v) is 19.6. The first-order valence-electron chi connectivity index (χ1n) is 9.53. The second-order valence-electron chi connectivity index (χ2n) is 7.10. The summed E-state index contributed by atoms with van der Waals surface area (Å²) in [5.74, 6) is 2.66. The maximum Gasteiger partial charge on any atom is 0.191 e. The quantitative estimate of drug-likeness (QED) is 0.352. The Morgan fingerprint density at radius 3 is 2.46 bits per heavy atom. The predicted octanol–water partition coefficient (Wildman–Crippen LogP) is 4.45. The maximum atomic E-state index is 6.03. The lowest BCUT2D eigenvalue weighted by Crippen LogP contribution is -2.36. The van der Waals surface area contributed by atoms with Crippen molar-refractivity contribution in [2.75, 3.05) is 25.0 Å². The van der Waals surface area contributed by atoms with Gasteiger partial charge >= 0.3 is 0 Å². The zero-order valence-electron chi connectivity index (χ0n) is 16.5. The summed E-state index contributed by atoms with van der Waals surface area (Å²) in [4.78, 5) is 11.3. The van der Waals surface area contributed by atoms with Gasteiger partial charge in [-0.15, -0.1) is 24.0 Å². The van der Waals surface area contributed by atoms with Crippen LogP contribution in [0.3, 0.4) is 0 Å². The summed E-state index contributed by atoms with van der Waals surface area (Å²) in [6, 6.07) is 12.1. The molecule has 2 aromatic rings. The number of aliphatic imine (C=N–C) groups is 1. The number of benzene rings is 1. The fraction of sp³-hybridized carbons (Fsp3) is 0.429. The number of aromatic nitrogens is 1. The Hall–Kier alpha value is -1.54. The molecule has 2 heterocycles. The molecule has 1 saturated heterocycles. The van der Waals surface area contributed by atoms with Gasteiger partial charge in [0.25, 0.3) is 0 Å². The highest BCUT2D eigenvalue weighted by Gasteiger charge is 2.16. The molecule has 1 aromatic heterocycles. The standard InChI is InChI=1S/C21H28ClN5.HI/c1-16-8-10-27(11-9-16)20-7-6-18(14-24-20)15-26-21(23-2)25-13-17-4-3-5-19(22)12-17;/h3-7,12,14,16H,8-11,13,15H2,1-2H3,(H2,23,25,26);1H. The van der Waals surface area contributed by atoms with Crippen LogP contribution in [0, 0.1) is 5.92 Å². The van der Waals surface area contributed by atoms with Crippen molar-refractivity contribution in [1.82, 2.24) is 15.6 Å². The molecule has 0 atom stereocenters. The van der Waals surface area contributed by atoms with E-state index in [9.17, 15) is 0 Å². The van der Waals surface area contributed by atoms with Gasteiger partial charge in [0.1, 0.15) is 5.82 Å². The first kappa shape index (κ1) is 22.7. The molecule has 0 aliphatic carbocycles. The van der Waals surface area contributed by atoms with Gasteiger partial charge < -0.3 is 15.5 Å². The molecule has 0 saturated carbocycles. The van der Waals surface area contributed by atoms with Gasteiger partial charge in [-0.25, -0.2) is 4.98 Å². The number of anilines is 1. The van der Waals surface area contributed by atoms with Gasteiger partial charge in [-0.05, 0) is 48.1 Å². The molecule has 28 heavy (non-hydrogen) atoms. The lowest BCUT2D eigenvalue weighted by Gasteiger charge is -2.31. The summed E-state index contributed by atoms with van der Waals surface area (Å²) in [7, 11) is 1.77. The number of rotatable bonds is 5. The van der Waals surface area contributed by atoms with Crippen LogP contribution < -0.4 is 15.5 Å². The molecule has 152 valence electrons. The van der Waals surface area contributed by atoms with Crippen molar-refractivity contribution in [2.45, 2.75) is 32.9 Å². The van der Waals surface area contributed by atoms with Crippen LogP contribution in [0.15, 0.2) is 47.6 Å². The van der Waals surface area contributed by atoms with Gasteiger partial charge in [0.2, 0.25) is 0 Å². The van der Waals surface area contributed by atoms with Crippen LogP contribution in [-0.2, 0) is 13.1 Å². The molecule has 0 spiro atoms. The summed E-state index contributed by atoms with van der Waals surface area (Å²) in [6.45, 7) is 5.88. The van der Waals surface area contributed by atoms with E-state index in [-0.39, 0.29) is 24.0 Å². The van der Waals surface area contributed by atoms with Crippen molar-refractivity contribution >= 4 is 47.4 Å². The molecule has 1 aliphatic rings. The second kappa shape index (κ2) is 11.5. The zero-order chi connectivity index (χ0) is 19.1. The molecule has 1 fully saturated rings. The third-order valence-corrected chi connectivity index (χ3v) is 5.18. The van der Waals surface area contributed by atoms with Crippen LogP contribution in [0.4, 0.5) is 5.82 Å². The van der Waals surface area contributed by atoms with E-state index in [0.717, 1.165) is 46.9 Å². The average molecular weight is 514 g/mol. The Bertz CT molecular complexity index is 758. The highest BCUT2D eigenvalue weighted by atomic mass is 127. The van der Waals surface area contributed by atoms with E-state index in [2.05, 4.69) is 44.6 Å². The smallest absolute Gasteiger partial charge is 0.191 e. The van der Waals surface area contributed by atoms with Gasteiger partial charge in [-0.3, -0.25) is 4.99 Å². The molecule has 3 rings (SSSR count). The van der Waals surface area contributed by atoms with Crippen molar-refractivity contribution in [2.24, 2.45) is 10.9 Å². The minimum Gasteiger partial charge on any atom is -0.357 e. The third-order valence-electron chi connectivity index (χ3n) is 4.95. The largest absolute Gasteiger partial charge is 0.357 e. The van der Waals surface area contributed by atoms with Gasteiger partial charge in [-0.2, -0.15) is 0 Å². The van der Waals surface area contributed by atoms with Crippen molar-refractivity contribution in [3.63, 3.8) is 0 Å². The summed E-state index contributed by atoms with van der Waals surface area (Å²) >= 11 is 6.03. The fourth-order valence-corrected chi connectivity index (χ4v) is 3.40. The molecule has 0 radical (unpaired) electrons. The molecule has 0 bridgehead atoms. The molecular formula is C21H29ClIN5. The van der Waals surface area contributed by atoms with E-state index in [1.165, 1.54) is 12.8 Å². The van der Waals surface area contributed by atoms with E-state index in [1.807, 2.05) is 30.5 Å². The van der Waals surface area contributed by atoms with Gasteiger partial charge in [0.15, 0.2) is 5.96 Å². The minimum absolute atomic E-state index is 0. The first-order chi connectivity index (χ1) is 13.1. The number of pyridine rings is 1. The molecule has 1 aliphatic heterocycles. The molecule has 0 amide bonds. The maximum absolute atomic E-state index is 6.03. The molecule has 2 N–H and O–H groups in total. The average Bonchev–Trinajstić information content (AvgIpc) is 2.69. The number of hydrogen-bond acceptors (Lipinski definition) is 3. The Balaban J connectivity index is 0.00000280. The number of halogens is 2. The normalized spacial score (nSPS) is 15.1. The lowest BCUT2D eigenvalue weighted by molar-refractivity contribution is 0.436. The van der Waals surface area contributed by atoms with Crippen molar-refractivity contribution in [3.05, 3.63) is 58.7 Å². The second-order valence-corrected chi connectivity index (χ2v) is 7.54. The summed E-state index contributed by atoms with van der Waals surface area (Å²) in [6.07, 6.45) is 4.45. The summed E-state index contributed by atoms with van der Waals surface area (Å²) < 4.78 is 0. The summed E-state index contributed by atoms with van der Waals surface area (Å²) in [5, 5.41) is 7.37. The van der Waals surface area contributed by atoms with Crippen LogP contribution in [0.5, 0.6) is 0 Å². The molecular weight excluding hydrogens is 485 g/mol. The monoisotopic (exact) mass is 513 g/mol. The molecule has 0 unspecified atom stereocenters. The van der Waals surface area contributed by atoms with Crippen molar-refractivity contribution in [3.8, 4) is 0 Å². The highest BCUT2D eigenvalue weighted by Crippen LogP contribution is 2.21.